The predicted octanol–water partition coefficient (Wildman–Crippen LogP) is -0.246. The first-order chi connectivity index (χ1) is 8.97. The summed E-state index contributed by atoms with van der Waals surface area (Å²) in [6.07, 6.45) is 0. The number of carbonyl (C=O) groups is 2. The van der Waals surface area contributed by atoms with Crippen molar-refractivity contribution in [3.8, 4) is 0 Å². The third-order valence-electron chi connectivity index (χ3n) is 3.44. The average Bonchev–Trinajstić information content (AvgIpc) is 2.68. The van der Waals surface area contributed by atoms with Crippen LogP contribution in [0.1, 0.15) is 30.0 Å². The van der Waals surface area contributed by atoms with Gasteiger partial charge >= 0.3 is 0 Å². The second-order valence-corrected chi connectivity index (χ2v) is 4.63. The maximum Gasteiger partial charge on any atom is 0.275 e. The Morgan fingerprint density at radius 1 is 1.58 bits per heavy atom. The fourth-order valence-electron chi connectivity index (χ4n) is 2.25. The highest BCUT2D eigenvalue weighted by Gasteiger charge is 2.33. The second-order valence-electron chi connectivity index (χ2n) is 4.63. The zero-order valence-electron chi connectivity index (χ0n) is 11.4. The molecule has 7 heteroatoms. The number of piperazine rings is 1. The lowest BCUT2D eigenvalue weighted by molar-refractivity contribution is -0.127. The monoisotopic (exact) mass is 265 g/mol. The molecule has 0 aliphatic carbocycles. The van der Waals surface area contributed by atoms with Crippen LogP contribution in [0, 0.1) is 6.92 Å². The standard InChI is InChI=1S/C12H19N5O2/c1-4-17-10(9(13)7(2)15-17)12(19)16-6-5-14-11(18)8(16)3/h8H,4-6,13H2,1-3H3,(H,14,18). The number of nitrogens with zero attached hydrogens (tertiary/aromatic N) is 3. The van der Waals surface area contributed by atoms with Crippen LogP contribution in [0.4, 0.5) is 5.69 Å². The number of amides is 2. The zero-order valence-corrected chi connectivity index (χ0v) is 11.4. The third-order valence-corrected chi connectivity index (χ3v) is 3.44. The Balaban J connectivity index is 2.36. The molecule has 0 bridgehead atoms. The molecule has 0 saturated carbocycles. The van der Waals surface area contributed by atoms with Gasteiger partial charge in [-0.05, 0) is 20.8 Å². The van der Waals surface area contributed by atoms with Crippen molar-refractivity contribution in [1.29, 1.82) is 0 Å². The van der Waals surface area contributed by atoms with Crippen LogP contribution in [0.25, 0.3) is 0 Å². The van der Waals surface area contributed by atoms with Gasteiger partial charge in [-0.2, -0.15) is 5.10 Å². The Morgan fingerprint density at radius 2 is 2.26 bits per heavy atom. The van der Waals surface area contributed by atoms with Gasteiger partial charge in [-0.3, -0.25) is 14.3 Å². The fourth-order valence-corrected chi connectivity index (χ4v) is 2.25. The molecule has 0 aromatic carbocycles. The lowest BCUT2D eigenvalue weighted by Gasteiger charge is -2.32. The molecule has 1 saturated heterocycles. The molecule has 1 unspecified atom stereocenters. The Labute approximate surface area is 111 Å². The number of hydrogen-bond donors (Lipinski definition) is 2. The number of nitrogens with two attached hydrogens (primary N) is 1. The van der Waals surface area contributed by atoms with E-state index < -0.39 is 6.04 Å². The van der Waals surface area contributed by atoms with Gasteiger partial charge in [-0.25, -0.2) is 0 Å². The number of hydrogen-bond acceptors (Lipinski definition) is 4. The summed E-state index contributed by atoms with van der Waals surface area (Å²) in [5.74, 6) is -0.375. The Hall–Kier alpha value is -2.05. The zero-order chi connectivity index (χ0) is 14.2. The SMILES string of the molecule is CCn1nc(C)c(N)c1C(=O)N1CCNC(=O)C1C. The van der Waals surface area contributed by atoms with Crippen molar-refractivity contribution in [1.82, 2.24) is 20.0 Å². The number of nitrogen functional groups attached to an aromatic ring is 1. The van der Waals surface area contributed by atoms with E-state index in [0.717, 1.165) is 0 Å². The molecule has 0 spiro atoms. The molecule has 1 aliphatic rings. The summed E-state index contributed by atoms with van der Waals surface area (Å²) in [6.45, 7) is 6.89. The molecule has 19 heavy (non-hydrogen) atoms. The van der Waals surface area contributed by atoms with Crippen molar-refractivity contribution in [3.05, 3.63) is 11.4 Å². The summed E-state index contributed by atoms with van der Waals surface area (Å²) in [4.78, 5) is 25.7. The fraction of sp³-hybridized carbons (Fsp3) is 0.583. The van der Waals surface area contributed by atoms with Crippen LogP contribution >= 0.6 is 0 Å². The lowest BCUT2D eigenvalue weighted by Crippen LogP contribution is -2.56. The minimum Gasteiger partial charge on any atom is -0.395 e. The molecule has 1 aromatic rings. The van der Waals surface area contributed by atoms with Crippen molar-refractivity contribution in [3.63, 3.8) is 0 Å². The van der Waals surface area contributed by atoms with Crippen LogP contribution in [0.5, 0.6) is 0 Å². The molecule has 1 aromatic heterocycles. The Bertz CT molecular complexity index is 522. The van der Waals surface area contributed by atoms with E-state index in [1.807, 2.05) is 6.92 Å². The van der Waals surface area contributed by atoms with Gasteiger partial charge in [0.05, 0.1) is 11.4 Å². The van der Waals surface area contributed by atoms with Crippen molar-refractivity contribution in [2.75, 3.05) is 18.8 Å². The average molecular weight is 265 g/mol. The summed E-state index contributed by atoms with van der Waals surface area (Å²) in [7, 11) is 0. The van der Waals surface area contributed by atoms with Gasteiger partial charge in [0.15, 0.2) is 0 Å². The second kappa shape index (κ2) is 4.91. The van der Waals surface area contributed by atoms with Gasteiger partial charge in [-0.1, -0.05) is 0 Å². The largest absolute Gasteiger partial charge is 0.395 e. The molecule has 2 amide bonds. The molecule has 1 atom stereocenters. The van der Waals surface area contributed by atoms with Gasteiger partial charge in [-0.15, -0.1) is 0 Å². The van der Waals surface area contributed by atoms with E-state index in [2.05, 4.69) is 10.4 Å². The number of aryl methyl sites for hydroxylation is 2. The predicted molar refractivity (Wildman–Crippen MR) is 70.6 cm³/mol. The van der Waals surface area contributed by atoms with Crippen LogP contribution in [0.15, 0.2) is 0 Å². The molecule has 1 aliphatic heterocycles. The molecule has 2 heterocycles. The van der Waals surface area contributed by atoms with Crippen LogP contribution in [0.3, 0.4) is 0 Å². The normalized spacial score (nSPS) is 19.4. The topological polar surface area (TPSA) is 93.2 Å². The molecule has 1 fully saturated rings. The van der Waals surface area contributed by atoms with Crippen molar-refractivity contribution in [2.45, 2.75) is 33.4 Å². The summed E-state index contributed by atoms with van der Waals surface area (Å²) >= 11 is 0. The number of anilines is 1. The van der Waals surface area contributed by atoms with Crippen molar-refractivity contribution < 1.29 is 9.59 Å². The van der Waals surface area contributed by atoms with Gasteiger partial charge in [0.25, 0.3) is 5.91 Å². The quantitative estimate of drug-likeness (QED) is 0.771. The van der Waals surface area contributed by atoms with E-state index in [9.17, 15) is 9.59 Å². The van der Waals surface area contributed by atoms with E-state index in [1.165, 1.54) is 4.90 Å². The first-order valence-corrected chi connectivity index (χ1v) is 6.39. The van der Waals surface area contributed by atoms with E-state index in [-0.39, 0.29) is 11.8 Å². The van der Waals surface area contributed by atoms with Gasteiger partial charge in [0, 0.05) is 19.6 Å². The Kier molecular flexibility index (Phi) is 3.46. The maximum atomic E-state index is 12.6. The van der Waals surface area contributed by atoms with Gasteiger partial charge < -0.3 is 16.0 Å². The third kappa shape index (κ3) is 2.16. The summed E-state index contributed by atoms with van der Waals surface area (Å²) in [5.41, 5.74) is 7.34. The highest BCUT2D eigenvalue weighted by Crippen LogP contribution is 2.20. The summed E-state index contributed by atoms with van der Waals surface area (Å²) < 4.78 is 1.59. The van der Waals surface area contributed by atoms with Crippen molar-refractivity contribution >= 4 is 17.5 Å². The molecule has 0 radical (unpaired) electrons. The minimum atomic E-state index is -0.485. The van der Waals surface area contributed by atoms with E-state index in [0.29, 0.717) is 36.7 Å². The highest BCUT2D eigenvalue weighted by molar-refractivity contribution is 6.00. The summed E-state index contributed by atoms with van der Waals surface area (Å²) in [6, 6.07) is -0.485. The molecular weight excluding hydrogens is 246 g/mol. The van der Waals surface area contributed by atoms with Crippen LogP contribution in [0.2, 0.25) is 0 Å². The number of rotatable bonds is 2. The maximum absolute atomic E-state index is 12.6. The van der Waals surface area contributed by atoms with Gasteiger partial charge in [0.2, 0.25) is 5.91 Å². The van der Waals surface area contributed by atoms with Crippen molar-refractivity contribution in [2.24, 2.45) is 0 Å². The van der Waals surface area contributed by atoms with Crippen LogP contribution < -0.4 is 11.1 Å². The molecule has 3 N–H and O–H groups in total. The number of aromatic nitrogens is 2. The molecule has 7 nitrogen and oxygen atoms in total. The van der Waals surface area contributed by atoms with E-state index >= 15 is 0 Å². The molecule has 2 rings (SSSR count). The highest BCUT2D eigenvalue weighted by atomic mass is 16.2. The van der Waals surface area contributed by atoms with E-state index in [1.54, 1.807) is 18.5 Å². The molecule has 104 valence electrons. The Morgan fingerprint density at radius 3 is 2.89 bits per heavy atom. The van der Waals surface area contributed by atoms with E-state index in [4.69, 9.17) is 5.73 Å². The van der Waals surface area contributed by atoms with Crippen LogP contribution in [-0.4, -0.2) is 45.6 Å². The summed E-state index contributed by atoms with van der Waals surface area (Å²) in [5, 5.41) is 6.96. The minimum absolute atomic E-state index is 0.141. The first kappa shape index (κ1) is 13.4. The number of nitrogens with one attached hydrogen (secondary N) is 1. The van der Waals surface area contributed by atoms with Gasteiger partial charge in [0.1, 0.15) is 11.7 Å². The van der Waals surface area contributed by atoms with Crippen LogP contribution in [-0.2, 0) is 11.3 Å². The smallest absolute Gasteiger partial charge is 0.275 e. The number of carbonyl (C=O) groups excluding carboxylic acids is 2. The first-order valence-electron chi connectivity index (χ1n) is 6.39. The lowest BCUT2D eigenvalue weighted by atomic mass is 10.1. The molecular formula is C12H19N5O2.